The van der Waals surface area contributed by atoms with E-state index in [1.54, 1.807) is 72.4 Å². The fourth-order valence-corrected chi connectivity index (χ4v) is 2.57. The van der Waals surface area contributed by atoms with Crippen molar-refractivity contribution >= 4 is 17.6 Å². The fraction of sp³-hybridized carbons (Fsp3) is 0.136. The summed E-state index contributed by atoms with van der Waals surface area (Å²) in [6.45, 7) is 6.03. The minimum atomic E-state index is -0.476. The monoisotopic (exact) mass is 391 g/mol. The molecule has 0 saturated carbocycles. The van der Waals surface area contributed by atoms with Crippen LogP contribution in [0.25, 0.3) is 5.69 Å². The van der Waals surface area contributed by atoms with Crippen molar-refractivity contribution in [1.29, 1.82) is 0 Å². The van der Waals surface area contributed by atoms with E-state index >= 15 is 0 Å². The number of aromatic nitrogens is 2. The highest BCUT2D eigenvalue weighted by atomic mass is 16.5. The van der Waals surface area contributed by atoms with E-state index in [2.05, 4.69) is 17.0 Å². The van der Waals surface area contributed by atoms with Crippen molar-refractivity contribution in [2.45, 2.75) is 6.92 Å². The van der Waals surface area contributed by atoms with Gasteiger partial charge in [0.1, 0.15) is 12.4 Å². The number of carbonyl (C=O) groups is 2. The van der Waals surface area contributed by atoms with Crippen molar-refractivity contribution in [1.82, 2.24) is 9.78 Å². The Morgan fingerprint density at radius 2 is 1.97 bits per heavy atom. The Bertz CT molecular complexity index is 1010. The first-order valence-corrected chi connectivity index (χ1v) is 9.09. The van der Waals surface area contributed by atoms with E-state index in [0.29, 0.717) is 29.3 Å². The van der Waals surface area contributed by atoms with Gasteiger partial charge in [-0.05, 0) is 55.5 Å². The van der Waals surface area contributed by atoms with Crippen LogP contribution in [0.4, 0.5) is 5.69 Å². The Hall–Kier alpha value is -3.87. The van der Waals surface area contributed by atoms with E-state index in [-0.39, 0.29) is 18.2 Å². The number of ether oxygens (including phenoxy) is 2. The van der Waals surface area contributed by atoms with Gasteiger partial charge in [-0.25, -0.2) is 9.48 Å². The molecule has 0 aliphatic heterocycles. The van der Waals surface area contributed by atoms with Crippen LogP contribution in [0, 0.1) is 0 Å². The molecule has 0 saturated heterocycles. The first-order chi connectivity index (χ1) is 14.1. The van der Waals surface area contributed by atoms with Gasteiger partial charge in [0, 0.05) is 17.4 Å². The van der Waals surface area contributed by atoms with E-state index in [1.165, 1.54) is 0 Å². The lowest BCUT2D eigenvalue weighted by molar-refractivity contribution is 0.0519. The quantitative estimate of drug-likeness (QED) is 0.466. The summed E-state index contributed by atoms with van der Waals surface area (Å²) in [5.41, 5.74) is 2.03. The molecular formula is C22H21N3O4. The molecule has 1 N–H and O–H groups in total. The highest BCUT2D eigenvalue weighted by Gasteiger charge is 2.12. The van der Waals surface area contributed by atoms with Crippen LogP contribution in [0.15, 0.2) is 73.4 Å². The summed E-state index contributed by atoms with van der Waals surface area (Å²) in [4.78, 5) is 24.3. The number of amides is 1. The van der Waals surface area contributed by atoms with Crippen LogP contribution >= 0.6 is 0 Å². The minimum absolute atomic E-state index is 0.222. The molecule has 1 aromatic heterocycles. The summed E-state index contributed by atoms with van der Waals surface area (Å²) in [6, 6.07) is 15.6. The predicted octanol–water partition coefficient (Wildman–Crippen LogP) is 3.87. The second kappa shape index (κ2) is 9.36. The number of nitrogens with zero attached hydrogens (tertiary/aromatic N) is 2. The van der Waals surface area contributed by atoms with Gasteiger partial charge >= 0.3 is 5.97 Å². The van der Waals surface area contributed by atoms with Gasteiger partial charge in [-0.15, -0.1) is 0 Å². The van der Waals surface area contributed by atoms with Crippen LogP contribution in [0.1, 0.15) is 27.8 Å². The molecule has 148 valence electrons. The number of carbonyl (C=O) groups excluding carboxylic acids is 2. The summed E-state index contributed by atoms with van der Waals surface area (Å²) >= 11 is 0. The molecule has 0 bridgehead atoms. The average Bonchev–Trinajstić information content (AvgIpc) is 3.23. The highest BCUT2D eigenvalue weighted by molar-refractivity contribution is 6.04. The predicted molar refractivity (Wildman–Crippen MR) is 110 cm³/mol. The number of benzene rings is 2. The molecule has 2 aromatic carbocycles. The van der Waals surface area contributed by atoms with Gasteiger partial charge in [0.25, 0.3) is 5.91 Å². The lowest BCUT2D eigenvalue weighted by atomic mass is 10.2. The zero-order chi connectivity index (χ0) is 20.6. The molecule has 0 aliphatic carbocycles. The van der Waals surface area contributed by atoms with E-state index in [4.69, 9.17) is 9.47 Å². The largest absolute Gasteiger partial charge is 0.490 e. The summed E-state index contributed by atoms with van der Waals surface area (Å²) in [5, 5.41) is 7.07. The second-order valence-electron chi connectivity index (χ2n) is 5.99. The number of anilines is 1. The lowest BCUT2D eigenvalue weighted by Gasteiger charge is -2.09. The summed E-state index contributed by atoms with van der Waals surface area (Å²) in [7, 11) is 0. The van der Waals surface area contributed by atoms with Crippen LogP contribution in [-0.2, 0) is 4.74 Å². The molecule has 0 radical (unpaired) electrons. The molecule has 7 heteroatoms. The zero-order valence-electron chi connectivity index (χ0n) is 16.0. The van der Waals surface area contributed by atoms with Crippen LogP contribution in [-0.4, -0.2) is 34.9 Å². The molecule has 1 amide bonds. The van der Waals surface area contributed by atoms with Crippen molar-refractivity contribution in [3.63, 3.8) is 0 Å². The Labute approximate surface area is 168 Å². The SMILES string of the molecule is C=CCOc1ccc(C(=O)Nc2cccc(-n3ccc(C(=O)OCC)n3)c2)cc1. The van der Waals surface area contributed by atoms with Crippen LogP contribution in [0.5, 0.6) is 5.75 Å². The summed E-state index contributed by atoms with van der Waals surface area (Å²) < 4.78 is 11.9. The van der Waals surface area contributed by atoms with Gasteiger partial charge in [-0.1, -0.05) is 18.7 Å². The molecule has 0 aliphatic rings. The van der Waals surface area contributed by atoms with Crippen molar-refractivity contribution in [2.24, 2.45) is 0 Å². The van der Waals surface area contributed by atoms with Crippen molar-refractivity contribution in [3.8, 4) is 11.4 Å². The van der Waals surface area contributed by atoms with Gasteiger partial charge < -0.3 is 14.8 Å². The third-order valence-corrected chi connectivity index (χ3v) is 3.93. The summed E-state index contributed by atoms with van der Waals surface area (Å²) in [5.74, 6) is -0.0548. The molecule has 7 nitrogen and oxygen atoms in total. The van der Waals surface area contributed by atoms with Gasteiger partial charge in [0.15, 0.2) is 5.69 Å². The smallest absolute Gasteiger partial charge is 0.358 e. The molecule has 3 rings (SSSR count). The average molecular weight is 391 g/mol. The number of hydrogen-bond donors (Lipinski definition) is 1. The van der Waals surface area contributed by atoms with E-state index < -0.39 is 5.97 Å². The van der Waals surface area contributed by atoms with E-state index in [9.17, 15) is 9.59 Å². The molecule has 0 unspecified atom stereocenters. The van der Waals surface area contributed by atoms with Gasteiger partial charge in [0.05, 0.1) is 12.3 Å². The molecule has 0 atom stereocenters. The van der Waals surface area contributed by atoms with E-state index in [0.717, 1.165) is 0 Å². The summed E-state index contributed by atoms with van der Waals surface area (Å²) in [6.07, 6.45) is 3.32. The maximum Gasteiger partial charge on any atom is 0.358 e. The van der Waals surface area contributed by atoms with Crippen LogP contribution < -0.4 is 10.1 Å². The molecule has 1 heterocycles. The van der Waals surface area contributed by atoms with Crippen molar-refractivity contribution in [3.05, 3.63) is 84.7 Å². The van der Waals surface area contributed by atoms with Crippen LogP contribution in [0.3, 0.4) is 0 Å². The molecule has 0 spiro atoms. The maximum absolute atomic E-state index is 12.5. The third kappa shape index (κ3) is 5.10. The van der Waals surface area contributed by atoms with Crippen molar-refractivity contribution < 1.29 is 19.1 Å². The topological polar surface area (TPSA) is 82.5 Å². The van der Waals surface area contributed by atoms with Gasteiger partial charge in [0.2, 0.25) is 0 Å². The number of esters is 1. The number of rotatable bonds is 8. The third-order valence-electron chi connectivity index (χ3n) is 3.93. The van der Waals surface area contributed by atoms with Gasteiger partial charge in [-0.3, -0.25) is 4.79 Å². The molecule has 29 heavy (non-hydrogen) atoms. The highest BCUT2D eigenvalue weighted by Crippen LogP contribution is 2.17. The standard InChI is InChI=1S/C22H21N3O4/c1-3-14-29-19-10-8-16(9-11-19)21(26)23-17-6-5-7-18(15-17)25-13-12-20(24-25)22(27)28-4-2/h3,5-13,15H,1,4,14H2,2H3,(H,23,26). The Morgan fingerprint density at radius 1 is 1.17 bits per heavy atom. The Balaban J connectivity index is 1.70. The zero-order valence-corrected chi connectivity index (χ0v) is 16.0. The Kier molecular flexibility index (Phi) is 6.42. The van der Waals surface area contributed by atoms with Crippen molar-refractivity contribution in [2.75, 3.05) is 18.5 Å². The molecular weight excluding hydrogens is 370 g/mol. The first kappa shape index (κ1) is 19.9. The minimum Gasteiger partial charge on any atom is -0.490 e. The normalized spacial score (nSPS) is 10.2. The molecule has 0 fully saturated rings. The number of hydrogen-bond acceptors (Lipinski definition) is 5. The fourth-order valence-electron chi connectivity index (χ4n) is 2.57. The Morgan fingerprint density at radius 3 is 2.69 bits per heavy atom. The van der Waals surface area contributed by atoms with Crippen LogP contribution in [0.2, 0.25) is 0 Å². The first-order valence-electron chi connectivity index (χ1n) is 9.09. The number of nitrogens with one attached hydrogen (secondary N) is 1. The second-order valence-corrected chi connectivity index (χ2v) is 5.99. The van der Waals surface area contributed by atoms with E-state index in [1.807, 2.05) is 6.07 Å². The molecule has 3 aromatic rings. The lowest BCUT2D eigenvalue weighted by Crippen LogP contribution is -2.12. The maximum atomic E-state index is 12.5. The van der Waals surface area contributed by atoms with Gasteiger partial charge in [-0.2, -0.15) is 5.10 Å².